The molecule has 4 nitrogen and oxygen atoms in total. The Morgan fingerprint density at radius 2 is 1.49 bits per heavy atom. The number of thioether (sulfide) groups is 1. The third-order valence-corrected chi connectivity index (χ3v) is 7.14. The number of hydrogen-bond donors (Lipinski definition) is 2. The Bertz CT molecular complexity index is 1360. The summed E-state index contributed by atoms with van der Waals surface area (Å²) in [6, 6.07) is 29.4. The molecule has 35 heavy (non-hydrogen) atoms. The Balaban J connectivity index is 1.54. The monoisotopic (exact) mass is 520 g/mol. The number of aryl methyl sites for hydroxylation is 1. The zero-order chi connectivity index (χ0) is 24.8. The number of nitrogens with one attached hydrogen (secondary N) is 2. The summed E-state index contributed by atoms with van der Waals surface area (Å²) < 4.78 is 0. The van der Waals surface area contributed by atoms with Gasteiger partial charge in [0, 0.05) is 21.8 Å². The second kappa shape index (κ2) is 11.5. The van der Waals surface area contributed by atoms with Gasteiger partial charge < -0.3 is 10.6 Å². The first-order valence-corrected chi connectivity index (χ1v) is 12.5. The van der Waals surface area contributed by atoms with Crippen molar-refractivity contribution in [3.63, 3.8) is 0 Å². The summed E-state index contributed by atoms with van der Waals surface area (Å²) in [5, 5.41) is 6.12. The van der Waals surface area contributed by atoms with Crippen LogP contribution in [0.5, 0.6) is 0 Å². The summed E-state index contributed by atoms with van der Waals surface area (Å²) in [5.41, 5.74) is 3.67. The first kappa shape index (κ1) is 24.9. The van der Waals surface area contributed by atoms with Gasteiger partial charge in [0.05, 0.1) is 10.0 Å². The smallest absolute Gasteiger partial charge is 0.255 e. The molecule has 4 aromatic carbocycles. The average molecular weight is 521 g/mol. The third kappa shape index (κ3) is 6.67. The van der Waals surface area contributed by atoms with Crippen LogP contribution in [0.2, 0.25) is 10.0 Å². The van der Waals surface area contributed by atoms with Crippen LogP contribution in [-0.4, -0.2) is 11.8 Å². The first-order chi connectivity index (χ1) is 16.9. The molecule has 0 spiro atoms. The lowest BCUT2D eigenvalue weighted by molar-refractivity contribution is -0.115. The Kier molecular flexibility index (Phi) is 8.13. The molecule has 7 heteroatoms. The van der Waals surface area contributed by atoms with Crippen molar-refractivity contribution in [3.05, 3.63) is 124 Å². The fourth-order valence-corrected chi connectivity index (χ4v) is 4.84. The predicted octanol–water partition coefficient (Wildman–Crippen LogP) is 8.03. The number of amides is 2. The van der Waals surface area contributed by atoms with E-state index in [4.69, 9.17) is 23.2 Å². The van der Waals surface area contributed by atoms with Gasteiger partial charge in [0.2, 0.25) is 5.91 Å². The molecular weight excluding hydrogens is 499 g/mol. The molecule has 0 saturated heterocycles. The van der Waals surface area contributed by atoms with Crippen molar-refractivity contribution in [2.75, 3.05) is 10.6 Å². The second-order valence-corrected chi connectivity index (χ2v) is 9.87. The Morgan fingerprint density at radius 1 is 0.743 bits per heavy atom. The highest BCUT2D eigenvalue weighted by atomic mass is 35.5. The molecule has 4 rings (SSSR count). The van der Waals surface area contributed by atoms with Gasteiger partial charge in [-0.15, -0.1) is 11.8 Å². The Hall–Kier alpha value is -3.25. The topological polar surface area (TPSA) is 58.2 Å². The summed E-state index contributed by atoms with van der Waals surface area (Å²) >= 11 is 13.5. The zero-order valence-corrected chi connectivity index (χ0v) is 21.1. The molecule has 0 saturated carbocycles. The molecule has 0 radical (unpaired) electrons. The standard InChI is InChI=1S/C28H22Cl2N2O2S/c1-18-7-5-10-20(15-18)27(33)31-21-11-6-12-23(16-21)35-26(19-8-3-2-4-9-19)28(34)32-22-13-14-24(29)25(30)17-22/h2-17,26H,1H3,(H,31,33)(H,32,34). The van der Waals surface area contributed by atoms with Crippen LogP contribution in [-0.2, 0) is 4.79 Å². The van der Waals surface area contributed by atoms with Gasteiger partial charge in [-0.3, -0.25) is 9.59 Å². The van der Waals surface area contributed by atoms with Gasteiger partial charge in [0.1, 0.15) is 5.25 Å². The highest BCUT2D eigenvalue weighted by Crippen LogP contribution is 2.37. The van der Waals surface area contributed by atoms with Crippen molar-refractivity contribution < 1.29 is 9.59 Å². The van der Waals surface area contributed by atoms with Crippen LogP contribution < -0.4 is 10.6 Å². The van der Waals surface area contributed by atoms with Gasteiger partial charge >= 0.3 is 0 Å². The van der Waals surface area contributed by atoms with Crippen molar-refractivity contribution >= 4 is 58.2 Å². The lowest BCUT2D eigenvalue weighted by atomic mass is 10.1. The summed E-state index contributed by atoms with van der Waals surface area (Å²) in [4.78, 5) is 26.8. The number of benzene rings is 4. The number of anilines is 2. The summed E-state index contributed by atoms with van der Waals surface area (Å²) in [7, 11) is 0. The van der Waals surface area contributed by atoms with Gasteiger partial charge in [-0.25, -0.2) is 0 Å². The summed E-state index contributed by atoms with van der Waals surface area (Å²) in [5.74, 6) is -0.387. The maximum atomic E-state index is 13.3. The SMILES string of the molecule is Cc1cccc(C(=O)Nc2cccc(SC(C(=O)Nc3ccc(Cl)c(Cl)c3)c3ccccc3)c2)c1. The summed E-state index contributed by atoms with van der Waals surface area (Å²) in [6.45, 7) is 1.95. The lowest BCUT2D eigenvalue weighted by Crippen LogP contribution is -2.19. The average Bonchev–Trinajstić information content (AvgIpc) is 2.85. The van der Waals surface area contributed by atoms with Crippen LogP contribution in [0.1, 0.15) is 26.7 Å². The Morgan fingerprint density at radius 3 is 2.23 bits per heavy atom. The van der Waals surface area contributed by atoms with E-state index in [1.807, 2.05) is 79.7 Å². The van der Waals surface area contributed by atoms with Crippen LogP contribution >= 0.6 is 35.0 Å². The van der Waals surface area contributed by atoms with E-state index < -0.39 is 5.25 Å². The molecule has 0 aromatic heterocycles. The van der Waals surface area contributed by atoms with Gasteiger partial charge in [-0.05, 0) is 61.0 Å². The molecule has 1 unspecified atom stereocenters. The number of halogens is 2. The molecule has 2 N–H and O–H groups in total. The van der Waals surface area contributed by atoms with Crippen LogP contribution in [0.25, 0.3) is 0 Å². The minimum atomic E-state index is -0.534. The minimum absolute atomic E-state index is 0.187. The van der Waals surface area contributed by atoms with E-state index >= 15 is 0 Å². The van der Waals surface area contributed by atoms with E-state index in [9.17, 15) is 9.59 Å². The molecule has 176 valence electrons. The maximum Gasteiger partial charge on any atom is 0.255 e. The van der Waals surface area contributed by atoms with Crippen molar-refractivity contribution in [3.8, 4) is 0 Å². The Labute approximate surface area is 218 Å². The quantitative estimate of drug-likeness (QED) is 0.242. The highest BCUT2D eigenvalue weighted by molar-refractivity contribution is 8.00. The van der Waals surface area contributed by atoms with Crippen molar-refractivity contribution in [1.82, 2.24) is 0 Å². The number of carbonyl (C=O) groups is 2. The zero-order valence-electron chi connectivity index (χ0n) is 18.8. The van der Waals surface area contributed by atoms with E-state index in [1.54, 1.807) is 24.3 Å². The molecule has 0 aliphatic heterocycles. The molecule has 1 atom stereocenters. The van der Waals surface area contributed by atoms with Crippen LogP contribution in [0, 0.1) is 6.92 Å². The molecule has 0 fully saturated rings. The van der Waals surface area contributed by atoms with Gasteiger partial charge in [-0.2, -0.15) is 0 Å². The molecular formula is C28H22Cl2N2O2S. The number of rotatable bonds is 7. The fraction of sp³-hybridized carbons (Fsp3) is 0.0714. The summed E-state index contributed by atoms with van der Waals surface area (Å²) in [6.07, 6.45) is 0. The number of hydrogen-bond acceptors (Lipinski definition) is 3. The molecule has 0 aliphatic carbocycles. The van der Waals surface area contributed by atoms with Crippen molar-refractivity contribution in [2.45, 2.75) is 17.1 Å². The van der Waals surface area contributed by atoms with E-state index in [2.05, 4.69) is 10.6 Å². The molecule has 0 bridgehead atoms. The van der Waals surface area contributed by atoms with E-state index in [-0.39, 0.29) is 11.8 Å². The van der Waals surface area contributed by atoms with Crippen molar-refractivity contribution in [1.29, 1.82) is 0 Å². The lowest BCUT2D eigenvalue weighted by Gasteiger charge is -2.18. The largest absolute Gasteiger partial charge is 0.325 e. The van der Waals surface area contributed by atoms with Gasteiger partial charge in [-0.1, -0.05) is 77.3 Å². The first-order valence-electron chi connectivity index (χ1n) is 10.8. The third-order valence-electron chi connectivity index (χ3n) is 5.15. The molecule has 2 amide bonds. The van der Waals surface area contributed by atoms with Gasteiger partial charge in [0.25, 0.3) is 5.91 Å². The van der Waals surface area contributed by atoms with Gasteiger partial charge in [0.15, 0.2) is 0 Å². The molecule has 0 heterocycles. The second-order valence-electron chi connectivity index (χ2n) is 7.88. The van der Waals surface area contributed by atoms with Crippen LogP contribution in [0.4, 0.5) is 11.4 Å². The number of carbonyl (C=O) groups excluding carboxylic acids is 2. The predicted molar refractivity (Wildman–Crippen MR) is 146 cm³/mol. The molecule has 4 aromatic rings. The van der Waals surface area contributed by atoms with E-state index in [0.717, 1.165) is 16.0 Å². The van der Waals surface area contributed by atoms with Crippen LogP contribution in [0.15, 0.2) is 102 Å². The van der Waals surface area contributed by atoms with E-state index in [1.165, 1.54) is 11.8 Å². The fourth-order valence-electron chi connectivity index (χ4n) is 3.46. The van der Waals surface area contributed by atoms with Crippen LogP contribution in [0.3, 0.4) is 0 Å². The minimum Gasteiger partial charge on any atom is -0.325 e. The highest BCUT2D eigenvalue weighted by Gasteiger charge is 2.23. The van der Waals surface area contributed by atoms with E-state index in [0.29, 0.717) is 27.0 Å². The maximum absolute atomic E-state index is 13.3. The molecule has 0 aliphatic rings. The van der Waals surface area contributed by atoms with Crippen molar-refractivity contribution in [2.24, 2.45) is 0 Å². The normalized spacial score (nSPS) is 11.5.